The summed E-state index contributed by atoms with van der Waals surface area (Å²) in [5.74, 6) is 0. The molecule has 3 aromatic rings. The number of anilines is 2. The first-order chi connectivity index (χ1) is 11.9. The van der Waals surface area contributed by atoms with Crippen molar-refractivity contribution in [3.8, 4) is 11.3 Å². The molecule has 0 radical (unpaired) electrons. The lowest BCUT2D eigenvalue weighted by Crippen LogP contribution is -2.58. The first kappa shape index (κ1) is 16.0. The van der Waals surface area contributed by atoms with Gasteiger partial charge in [-0.3, -0.25) is 4.98 Å². The summed E-state index contributed by atoms with van der Waals surface area (Å²) in [4.78, 5) is 6.68. The van der Waals surface area contributed by atoms with Crippen LogP contribution in [0.2, 0.25) is 13.1 Å². The number of nitrogens with zero attached hydrogens (tertiary/aromatic N) is 3. The van der Waals surface area contributed by atoms with Crippen molar-refractivity contribution in [2.75, 3.05) is 11.9 Å². The van der Waals surface area contributed by atoms with Gasteiger partial charge in [-0.25, -0.2) is 0 Å². The molecule has 1 aliphatic heterocycles. The van der Waals surface area contributed by atoms with E-state index in [9.17, 15) is 0 Å². The van der Waals surface area contributed by atoms with Gasteiger partial charge in [-0.05, 0) is 35.0 Å². The highest BCUT2D eigenvalue weighted by Gasteiger charge is 2.37. The van der Waals surface area contributed by atoms with E-state index in [2.05, 4.69) is 85.0 Å². The molecule has 0 aliphatic carbocycles. The molecule has 0 unspecified atom stereocenters. The van der Waals surface area contributed by atoms with E-state index in [-0.39, 0.29) is 0 Å². The van der Waals surface area contributed by atoms with Gasteiger partial charge in [-0.1, -0.05) is 37.4 Å². The fourth-order valence-electron chi connectivity index (χ4n) is 4.00. The second kappa shape index (κ2) is 5.53. The second-order valence-electron chi connectivity index (χ2n) is 7.46. The SMILES string of the molecule is Cc1cc2c(cc1-c1cncc[n+]1C)N(C)c1ccccc1[Si]2(C)C. The van der Waals surface area contributed by atoms with Gasteiger partial charge in [0.2, 0.25) is 5.69 Å². The average Bonchev–Trinajstić information content (AvgIpc) is 2.61. The summed E-state index contributed by atoms with van der Waals surface area (Å²) in [6, 6.07) is 13.6. The number of benzene rings is 2. The Morgan fingerprint density at radius 2 is 1.80 bits per heavy atom. The Hall–Kier alpha value is -2.46. The fraction of sp³-hybridized carbons (Fsp3) is 0.238. The number of para-hydroxylation sites is 1. The van der Waals surface area contributed by atoms with E-state index < -0.39 is 8.07 Å². The van der Waals surface area contributed by atoms with Crippen LogP contribution in [0.5, 0.6) is 0 Å². The summed E-state index contributed by atoms with van der Waals surface area (Å²) in [7, 11) is 2.55. The van der Waals surface area contributed by atoms with Crippen molar-refractivity contribution in [1.29, 1.82) is 0 Å². The van der Waals surface area contributed by atoms with Crippen molar-refractivity contribution in [2.45, 2.75) is 20.0 Å². The van der Waals surface area contributed by atoms with Crippen LogP contribution in [0.3, 0.4) is 0 Å². The number of fused-ring (bicyclic) bond motifs is 2. The molecule has 1 aliphatic rings. The van der Waals surface area contributed by atoms with Crippen LogP contribution in [-0.4, -0.2) is 20.1 Å². The van der Waals surface area contributed by atoms with Crippen LogP contribution in [0.15, 0.2) is 55.0 Å². The number of hydrogen-bond donors (Lipinski definition) is 0. The first-order valence-electron chi connectivity index (χ1n) is 8.69. The van der Waals surface area contributed by atoms with Crippen LogP contribution in [0.1, 0.15) is 5.56 Å². The van der Waals surface area contributed by atoms with Crippen molar-refractivity contribution < 1.29 is 4.57 Å². The van der Waals surface area contributed by atoms with Gasteiger partial charge < -0.3 is 4.90 Å². The third kappa shape index (κ3) is 2.32. The number of aromatic nitrogens is 2. The Balaban J connectivity index is 1.99. The lowest BCUT2D eigenvalue weighted by atomic mass is 10.0. The smallest absolute Gasteiger partial charge is 0.231 e. The van der Waals surface area contributed by atoms with Crippen LogP contribution < -0.4 is 19.8 Å². The number of hydrogen-bond acceptors (Lipinski definition) is 2. The minimum absolute atomic E-state index is 1.15. The van der Waals surface area contributed by atoms with E-state index in [1.54, 1.807) is 0 Å². The topological polar surface area (TPSA) is 20.0 Å². The number of rotatable bonds is 1. The molecule has 25 heavy (non-hydrogen) atoms. The molecule has 1 aromatic heterocycles. The van der Waals surface area contributed by atoms with Gasteiger partial charge in [0.15, 0.2) is 6.20 Å². The van der Waals surface area contributed by atoms with E-state index in [1.165, 1.54) is 32.9 Å². The van der Waals surface area contributed by atoms with Crippen LogP contribution in [-0.2, 0) is 7.05 Å². The minimum atomic E-state index is -1.71. The molecule has 0 saturated carbocycles. The normalized spacial score (nSPS) is 14.8. The van der Waals surface area contributed by atoms with E-state index in [4.69, 9.17) is 0 Å². The van der Waals surface area contributed by atoms with Gasteiger partial charge in [0, 0.05) is 18.4 Å². The second-order valence-corrected chi connectivity index (χ2v) is 11.8. The van der Waals surface area contributed by atoms with E-state index >= 15 is 0 Å². The summed E-state index contributed by atoms with van der Waals surface area (Å²) >= 11 is 0. The molecule has 2 heterocycles. The Labute approximate surface area is 150 Å². The molecule has 3 nitrogen and oxygen atoms in total. The summed E-state index contributed by atoms with van der Waals surface area (Å²) in [6.45, 7) is 7.13. The van der Waals surface area contributed by atoms with Gasteiger partial charge in [-0.2, -0.15) is 4.57 Å². The minimum Gasteiger partial charge on any atom is -0.345 e. The Morgan fingerprint density at radius 1 is 1.04 bits per heavy atom. The van der Waals surface area contributed by atoms with E-state index in [0.717, 1.165) is 5.69 Å². The van der Waals surface area contributed by atoms with E-state index in [1.807, 2.05) is 18.6 Å². The molecule has 4 heteroatoms. The van der Waals surface area contributed by atoms with Gasteiger partial charge >= 0.3 is 0 Å². The van der Waals surface area contributed by atoms with Gasteiger partial charge in [0.25, 0.3) is 0 Å². The quantitative estimate of drug-likeness (QED) is 0.499. The highest BCUT2D eigenvalue weighted by molar-refractivity contribution is 7.02. The fourth-order valence-corrected chi connectivity index (χ4v) is 7.16. The van der Waals surface area contributed by atoms with Gasteiger partial charge in [-0.15, -0.1) is 0 Å². The Bertz CT molecular complexity index is 979. The van der Waals surface area contributed by atoms with Crippen LogP contribution in [0.25, 0.3) is 11.3 Å². The maximum atomic E-state index is 4.33. The Kier molecular flexibility index (Phi) is 3.54. The molecule has 0 fully saturated rings. The third-order valence-corrected chi connectivity index (χ3v) is 9.06. The molecule has 0 N–H and O–H groups in total. The van der Waals surface area contributed by atoms with Gasteiger partial charge in [0.05, 0.1) is 18.0 Å². The van der Waals surface area contributed by atoms with Crippen LogP contribution in [0, 0.1) is 6.92 Å². The first-order valence-corrected chi connectivity index (χ1v) is 11.7. The van der Waals surface area contributed by atoms with E-state index in [0.29, 0.717) is 0 Å². The summed E-state index contributed by atoms with van der Waals surface area (Å²) in [6.07, 6.45) is 5.79. The lowest BCUT2D eigenvalue weighted by molar-refractivity contribution is -0.660. The molecule has 2 aromatic carbocycles. The predicted molar refractivity (Wildman–Crippen MR) is 107 cm³/mol. The maximum absolute atomic E-state index is 4.33. The van der Waals surface area contributed by atoms with Crippen molar-refractivity contribution in [3.05, 3.63) is 60.6 Å². The highest BCUT2D eigenvalue weighted by atomic mass is 28.3. The molecular weight excluding hydrogens is 322 g/mol. The number of aryl methyl sites for hydroxylation is 2. The van der Waals surface area contributed by atoms with Gasteiger partial charge in [0.1, 0.15) is 15.1 Å². The zero-order valence-corrected chi connectivity index (χ0v) is 16.5. The standard InChI is InChI=1S/C21H24N3Si/c1-15-12-21-18(13-16(15)19-14-22-10-11-23(19)2)24(3)17-8-6-7-9-20(17)25(21,4)5/h6-14H,1-5H3/q+1. The largest absolute Gasteiger partial charge is 0.345 e. The molecule has 0 amide bonds. The van der Waals surface area contributed by atoms with Crippen molar-refractivity contribution in [2.24, 2.45) is 7.05 Å². The zero-order valence-electron chi connectivity index (χ0n) is 15.5. The predicted octanol–water partition coefficient (Wildman–Crippen LogP) is 2.79. The maximum Gasteiger partial charge on any atom is 0.231 e. The summed E-state index contributed by atoms with van der Waals surface area (Å²) < 4.78 is 2.14. The summed E-state index contributed by atoms with van der Waals surface area (Å²) in [5, 5.41) is 3.03. The zero-order chi connectivity index (χ0) is 17.8. The average molecular weight is 347 g/mol. The third-order valence-electron chi connectivity index (χ3n) is 5.55. The molecule has 0 spiro atoms. The molecule has 4 rings (SSSR count). The van der Waals surface area contributed by atoms with Crippen LogP contribution >= 0.6 is 0 Å². The molecule has 126 valence electrons. The highest BCUT2D eigenvalue weighted by Crippen LogP contribution is 2.33. The van der Waals surface area contributed by atoms with Crippen molar-refractivity contribution in [3.63, 3.8) is 0 Å². The molecule has 0 saturated heterocycles. The van der Waals surface area contributed by atoms with Crippen molar-refractivity contribution in [1.82, 2.24) is 4.98 Å². The lowest BCUT2D eigenvalue weighted by Gasteiger charge is -2.39. The Morgan fingerprint density at radius 3 is 2.56 bits per heavy atom. The molecule has 0 atom stereocenters. The van der Waals surface area contributed by atoms with Crippen molar-refractivity contribution >= 4 is 29.8 Å². The van der Waals surface area contributed by atoms with Crippen LogP contribution in [0.4, 0.5) is 11.4 Å². The molecule has 0 bridgehead atoms. The monoisotopic (exact) mass is 346 g/mol. The summed E-state index contributed by atoms with van der Waals surface area (Å²) in [5.41, 5.74) is 6.40. The molecular formula is C21H24N3Si+.